The molecule has 0 bridgehead atoms. The number of aromatic nitrogens is 1. The second-order valence-corrected chi connectivity index (χ2v) is 11.0. The SMILES string of the molecule is Cc1cc(F)cc(C)c1Oc1ccc(C(C)(C)O)cc1-c1cn(C)c(=O)cc1OC1CC(CN(C)C(=O)O)C1. The van der Waals surface area contributed by atoms with Gasteiger partial charge in [0.25, 0.3) is 5.56 Å². The Morgan fingerprint density at radius 2 is 1.74 bits per heavy atom. The van der Waals surface area contributed by atoms with Crippen LogP contribution in [0.5, 0.6) is 17.2 Å². The molecule has 1 amide bonds. The molecule has 9 heteroatoms. The summed E-state index contributed by atoms with van der Waals surface area (Å²) in [6, 6.07) is 9.57. The molecule has 1 aliphatic rings. The summed E-state index contributed by atoms with van der Waals surface area (Å²) in [5.74, 6) is 1.17. The second-order valence-electron chi connectivity index (χ2n) is 11.0. The molecule has 1 heterocycles. The Kier molecular flexibility index (Phi) is 7.75. The Morgan fingerprint density at radius 1 is 1.10 bits per heavy atom. The molecule has 0 atom stereocenters. The monoisotopic (exact) mass is 538 g/mol. The summed E-state index contributed by atoms with van der Waals surface area (Å²) in [7, 11) is 3.18. The lowest BCUT2D eigenvalue weighted by Crippen LogP contribution is -2.41. The summed E-state index contributed by atoms with van der Waals surface area (Å²) in [6.45, 7) is 7.32. The fourth-order valence-corrected chi connectivity index (χ4v) is 4.86. The number of carboxylic acid groups (broad SMARTS) is 1. The smallest absolute Gasteiger partial charge is 0.407 e. The maximum Gasteiger partial charge on any atom is 0.407 e. The van der Waals surface area contributed by atoms with E-state index in [9.17, 15) is 19.1 Å². The minimum Gasteiger partial charge on any atom is -0.489 e. The van der Waals surface area contributed by atoms with Gasteiger partial charge in [0.1, 0.15) is 23.1 Å². The lowest BCUT2D eigenvalue weighted by Gasteiger charge is -2.37. The van der Waals surface area contributed by atoms with E-state index in [0.29, 0.717) is 64.5 Å². The minimum atomic E-state index is -1.14. The number of aryl methyl sites for hydroxylation is 3. The van der Waals surface area contributed by atoms with Crippen molar-refractivity contribution in [3.8, 4) is 28.4 Å². The van der Waals surface area contributed by atoms with Crippen LogP contribution in [0.2, 0.25) is 0 Å². The number of ether oxygens (including phenoxy) is 2. The zero-order valence-electron chi connectivity index (χ0n) is 23.1. The van der Waals surface area contributed by atoms with E-state index in [0.717, 1.165) is 0 Å². The van der Waals surface area contributed by atoms with Crippen LogP contribution >= 0.6 is 0 Å². The van der Waals surface area contributed by atoms with Gasteiger partial charge in [0.2, 0.25) is 0 Å². The highest BCUT2D eigenvalue weighted by molar-refractivity contribution is 5.76. The standard InChI is InChI=1S/C30H35FN2O6/c1-17-9-21(31)10-18(2)28(17)39-25-8-7-20(30(3,4)37)13-23(25)24-16-32(5)27(34)14-26(24)38-22-11-19(12-22)15-33(6)29(35)36/h7-10,13-14,16,19,22,37H,11-12,15H2,1-6H3,(H,35,36). The summed E-state index contributed by atoms with van der Waals surface area (Å²) in [5.41, 5.74) is 1.71. The average Bonchev–Trinajstić information content (AvgIpc) is 2.81. The molecule has 1 fully saturated rings. The number of aliphatic hydroxyl groups is 1. The number of pyridine rings is 1. The average molecular weight is 539 g/mol. The fourth-order valence-electron chi connectivity index (χ4n) is 4.86. The van der Waals surface area contributed by atoms with E-state index in [1.165, 1.54) is 34.7 Å². The molecule has 8 nitrogen and oxygen atoms in total. The first-order valence-electron chi connectivity index (χ1n) is 12.9. The molecule has 208 valence electrons. The highest BCUT2D eigenvalue weighted by atomic mass is 19.1. The van der Waals surface area contributed by atoms with Crippen LogP contribution < -0.4 is 15.0 Å². The van der Waals surface area contributed by atoms with Crippen molar-refractivity contribution in [1.82, 2.24) is 9.47 Å². The van der Waals surface area contributed by atoms with Crippen molar-refractivity contribution in [2.24, 2.45) is 13.0 Å². The van der Waals surface area contributed by atoms with Crippen LogP contribution in [0.25, 0.3) is 11.1 Å². The number of halogens is 1. The number of hydrogen-bond donors (Lipinski definition) is 2. The normalized spacial score (nSPS) is 16.9. The van der Waals surface area contributed by atoms with Gasteiger partial charge in [-0.25, -0.2) is 9.18 Å². The van der Waals surface area contributed by atoms with Crippen LogP contribution in [0.15, 0.2) is 47.4 Å². The van der Waals surface area contributed by atoms with Gasteiger partial charge < -0.3 is 29.2 Å². The Bertz CT molecular complexity index is 1430. The molecule has 4 rings (SSSR count). The van der Waals surface area contributed by atoms with Gasteiger partial charge in [-0.2, -0.15) is 0 Å². The van der Waals surface area contributed by atoms with E-state index >= 15 is 0 Å². The molecule has 2 N–H and O–H groups in total. The predicted octanol–water partition coefficient (Wildman–Crippen LogP) is 5.60. The molecular formula is C30H35FN2O6. The predicted molar refractivity (Wildman–Crippen MR) is 146 cm³/mol. The molecule has 3 aromatic rings. The zero-order chi connectivity index (χ0) is 28.6. The maximum absolute atomic E-state index is 13.9. The van der Waals surface area contributed by atoms with E-state index in [-0.39, 0.29) is 23.4 Å². The third-order valence-corrected chi connectivity index (χ3v) is 7.15. The van der Waals surface area contributed by atoms with Crippen LogP contribution in [0, 0.1) is 25.6 Å². The van der Waals surface area contributed by atoms with Crippen LogP contribution in [0.1, 0.15) is 43.4 Å². The highest BCUT2D eigenvalue weighted by Gasteiger charge is 2.33. The Morgan fingerprint density at radius 3 is 2.33 bits per heavy atom. The molecular weight excluding hydrogens is 503 g/mol. The Balaban J connectivity index is 1.74. The van der Waals surface area contributed by atoms with Crippen molar-refractivity contribution in [3.63, 3.8) is 0 Å². The van der Waals surface area contributed by atoms with Gasteiger partial charge in [-0.1, -0.05) is 6.07 Å². The van der Waals surface area contributed by atoms with Crippen molar-refractivity contribution in [2.75, 3.05) is 13.6 Å². The molecule has 39 heavy (non-hydrogen) atoms. The highest BCUT2D eigenvalue weighted by Crippen LogP contribution is 2.43. The maximum atomic E-state index is 13.9. The van der Waals surface area contributed by atoms with Crippen LogP contribution in [0.3, 0.4) is 0 Å². The van der Waals surface area contributed by atoms with Gasteiger partial charge in [0.05, 0.1) is 11.7 Å². The van der Waals surface area contributed by atoms with E-state index in [2.05, 4.69) is 0 Å². The van der Waals surface area contributed by atoms with Crippen molar-refractivity contribution in [1.29, 1.82) is 0 Å². The molecule has 1 aliphatic carbocycles. The first-order chi connectivity index (χ1) is 18.2. The molecule has 0 radical (unpaired) electrons. The number of rotatable bonds is 8. The zero-order valence-corrected chi connectivity index (χ0v) is 23.1. The Labute approximate surface area is 227 Å². The second kappa shape index (κ2) is 10.7. The molecule has 0 saturated heterocycles. The summed E-state index contributed by atoms with van der Waals surface area (Å²) < 4.78 is 28.0. The lowest BCUT2D eigenvalue weighted by atomic mass is 9.82. The van der Waals surface area contributed by atoms with E-state index in [1.54, 1.807) is 53.1 Å². The lowest BCUT2D eigenvalue weighted by molar-refractivity contribution is 0.0477. The van der Waals surface area contributed by atoms with Crippen molar-refractivity contribution < 1.29 is 28.9 Å². The van der Waals surface area contributed by atoms with Crippen LogP contribution in [-0.4, -0.2) is 45.5 Å². The van der Waals surface area contributed by atoms with Gasteiger partial charge >= 0.3 is 6.09 Å². The molecule has 0 aliphatic heterocycles. The van der Waals surface area contributed by atoms with Gasteiger partial charge in [-0.15, -0.1) is 0 Å². The molecule has 0 spiro atoms. The fraction of sp³-hybridized carbons (Fsp3) is 0.400. The third kappa shape index (κ3) is 6.25. The van der Waals surface area contributed by atoms with Crippen molar-refractivity contribution >= 4 is 6.09 Å². The number of hydrogen-bond acceptors (Lipinski definition) is 5. The van der Waals surface area contributed by atoms with E-state index in [1.807, 2.05) is 6.07 Å². The van der Waals surface area contributed by atoms with Gasteiger partial charge in [0.15, 0.2) is 0 Å². The quantitative estimate of drug-likeness (QED) is 0.388. The van der Waals surface area contributed by atoms with Crippen LogP contribution in [-0.2, 0) is 12.6 Å². The van der Waals surface area contributed by atoms with E-state index in [4.69, 9.17) is 14.6 Å². The van der Waals surface area contributed by atoms with Crippen LogP contribution in [0.4, 0.5) is 9.18 Å². The van der Waals surface area contributed by atoms with Gasteiger partial charge in [-0.05, 0) is 87.4 Å². The van der Waals surface area contributed by atoms with E-state index < -0.39 is 11.7 Å². The summed E-state index contributed by atoms with van der Waals surface area (Å²) in [5, 5.41) is 19.9. The molecule has 2 aromatic carbocycles. The number of carbonyl (C=O) groups is 1. The van der Waals surface area contributed by atoms with Gasteiger partial charge in [0, 0.05) is 44.0 Å². The molecule has 1 saturated carbocycles. The number of nitrogens with zero attached hydrogens (tertiary/aromatic N) is 2. The summed E-state index contributed by atoms with van der Waals surface area (Å²) in [4.78, 5) is 25.0. The van der Waals surface area contributed by atoms with Crippen molar-refractivity contribution in [2.45, 2.75) is 52.2 Å². The number of benzene rings is 2. The molecule has 0 unspecified atom stereocenters. The molecule has 1 aromatic heterocycles. The topological polar surface area (TPSA) is 101 Å². The largest absolute Gasteiger partial charge is 0.489 e. The third-order valence-electron chi connectivity index (χ3n) is 7.15. The summed E-state index contributed by atoms with van der Waals surface area (Å²) >= 11 is 0. The van der Waals surface area contributed by atoms with Gasteiger partial charge in [-0.3, -0.25) is 4.79 Å². The minimum absolute atomic E-state index is 0.174. The summed E-state index contributed by atoms with van der Waals surface area (Å²) in [6.07, 6.45) is 1.85. The number of amides is 1. The Hall–Kier alpha value is -3.85. The van der Waals surface area contributed by atoms with Crippen molar-refractivity contribution in [3.05, 3.63) is 75.5 Å². The first-order valence-corrected chi connectivity index (χ1v) is 12.9. The first kappa shape index (κ1) is 28.2.